The van der Waals surface area contributed by atoms with Gasteiger partial charge < -0.3 is 9.38 Å². The fourth-order valence-corrected chi connectivity index (χ4v) is 5.64. The molecule has 5 rings (SSSR count). The van der Waals surface area contributed by atoms with Crippen molar-refractivity contribution >= 4 is 39.0 Å². The minimum atomic E-state index is 0.00234. The number of imidazole rings is 1. The summed E-state index contributed by atoms with van der Waals surface area (Å²) in [5.41, 5.74) is 4.36. The molecule has 0 fully saturated rings. The van der Waals surface area contributed by atoms with E-state index in [-0.39, 0.29) is 5.56 Å². The maximum absolute atomic E-state index is 12.6. The minimum Gasteiger partial charge on any atom is -0.307 e. The third kappa shape index (κ3) is 2.75. The number of aromatic amines is 1. The highest BCUT2D eigenvalue weighted by Crippen LogP contribution is 2.34. The summed E-state index contributed by atoms with van der Waals surface area (Å²) in [5.74, 6) is 0.681. The quantitative estimate of drug-likeness (QED) is 0.428. The number of fused-ring (bicyclic) bond motifs is 4. The molecule has 0 spiro atoms. The van der Waals surface area contributed by atoms with Gasteiger partial charge in [0.15, 0.2) is 5.16 Å². The first-order chi connectivity index (χ1) is 12.7. The Morgan fingerprint density at radius 3 is 3.04 bits per heavy atom. The van der Waals surface area contributed by atoms with E-state index in [9.17, 15) is 4.79 Å². The number of rotatable bonds is 3. The van der Waals surface area contributed by atoms with Crippen molar-refractivity contribution in [3.05, 3.63) is 56.6 Å². The molecule has 1 aliphatic rings. The zero-order chi connectivity index (χ0) is 17.7. The molecule has 4 heterocycles. The van der Waals surface area contributed by atoms with Crippen molar-refractivity contribution in [2.75, 3.05) is 0 Å². The zero-order valence-corrected chi connectivity index (χ0v) is 16.0. The van der Waals surface area contributed by atoms with Gasteiger partial charge in [-0.1, -0.05) is 17.8 Å². The molecule has 0 radical (unpaired) electrons. The van der Waals surface area contributed by atoms with Crippen molar-refractivity contribution in [2.24, 2.45) is 0 Å². The lowest BCUT2D eigenvalue weighted by Gasteiger charge is -2.09. The molecule has 0 aromatic carbocycles. The molecule has 1 aliphatic carbocycles. The van der Waals surface area contributed by atoms with Crippen molar-refractivity contribution in [1.82, 2.24) is 19.4 Å². The van der Waals surface area contributed by atoms with Crippen molar-refractivity contribution in [2.45, 2.75) is 43.5 Å². The van der Waals surface area contributed by atoms with Crippen LogP contribution in [0.1, 0.15) is 34.5 Å². The van der Waals surface area contributed by atoms with Crippen LogP contribution >= 0.6 is 23.1 Å². The average Bonchev–Trinajstić information content (AvgIpc) is 3.20. The van der Waals surface area contributed by atoms with Crippen LogP contribution in [0, 0.1) is 6.92 Å². The summed E-state index contributed by atoms with van der Waals surface area (Å²) < 4.78 is 2.04. The summed E-state index contributed by atoms with van der Waals surface area (Å²) in [6.07, 6.45) is 8.58. The molecule has 0 saturated carbocycles. The predicted octanol–water partition coefficient (Wildman–Crippen LogP) is 4.11. The van der Waals surface area contributed by atoms with Gasteiger partial charge in [0, 0.05) is 23.0 Å². The van der Waals surface area contributed by atoms with Gasteiger partial charge in [0.05, 0.1) is 11.1 Å². The third-order valence-corrected chi connectivity index (χ3v) is 6.90. The minimum absolute atomic E-state index is 0.00234. The normalized spacial score (nSPS) is 14.2. The number of thioether (sulfide) groups is 1. The van der Waals surface area contributed by atoms with Gasteiger partial charge in [-0.25, -0.2) is 9.97 Å². The molecular weight excluding hydrogens is 364 g/mol. The smallest absolute Gasteiger partial charge is 0.260 e. The van der Waals surface area contributed by atoms with E-state index in [1.807, 2.05) is 16.7 Å². The van der Waals surface area contributed by atoms with Crippen LogP contribution in [0.3, 0.4) is 0 Å². The Labute approximate surface area is 158 Å². The van der Waals surface area contributed by atoms with Gasteiger partial charge >= 0.3 is 0 Å². The summed E-state index contributed by atoms with van der Waals surface area (Å²) >= 11 is 3.22. The van der Waals surface area contributed by atoms with E-state index < -0.39 is 0 Å². The van der Waals surface area contributed by atoms with Crippen LogP contribution in [0.25, 0.3) is 15.9 Å². The summed E-state index contributed by atoms with van der Waals surface area (Å²) in [5, 5.41) is 1.49. The zero-order valence-electron chi connectivity index (χ0n) is 14.4. The van der Waals surface area contributed by atoms with Gasteiger partial charge in [0.1, 0.15) is 10.5 Å². The number of hydrogen-bond donors (Lipinski definition) is 1. The van der Waals surface area contributed by atoms with E-state index in [1.165, 1.54) is 40.6 Å². The molecule has 26 heavy (non-hydrogen) atoms. The molecule has 5 nitrogen and oxygen atoms in total. The Balaban J connectivity index is 1.44. The van der Waals surface area contributed by atoms with E-state index in [0.29, 0.717) is 10.9 Å². The van der Waals surface area contributed by atoms with Crippen LogP contribution in [-0.2, 0) is 18.6 Å². The molecule has 0 saturated heterocycles. The van der Waals surface area contributed by atoms with Crippen molar-refractivity contribution < 1.29 is 0 Å². The van der Waals surface area contributed by atoms with E-state index in [1.54, 1.807) is 11.3 Å². The van der Waals surface area contributed by atoms with Gasteiger partial charge in [-0.05, 0) is 49.8 Å². The highest BCUT2D eigenvalue weighted by atomic mass is 32.2. The molecule has 0 amide bonds. The first-order valence-electron chi connectivity index (χ1n) is 8.79. The third-order valence-electron chi connectivity index (χ3n) is 4.81. The molecule has 0 aliphatic heterocycles. The van der Waals surface area contributed by atoms with E-state index >= 15 is 0 Å². The second-order valence-corrected chi connectivity index (χ2v) is 8.80. The topological polar surface area (TPSA) is 63.0 Å². The summed E-state index contributed by atoms with van der Waals surface area (Å²) in [4.78, 5) is 27.1. The Morgan fingerprint density at radius 2 is 2.12 bits per heavy atom. The Hall–Kier alpha value is -2.12. The van der Waals surface area contributed by atoms with Gasteiger partial charge in [-0.2, -0.15) is 0 Å². The highest BCUT2D eigenvalue weighted by molar-refractivity contribution is 7.98. The van der Waals surface area contributed by atoms with Crippen LogP contribution in [-0.4, -0.2) is 19.4 Å². The van der Waals surface area contributed by atoms with Crippen molar-refractivity contribution in [1.29, 1.82) is 0 Å². The Kier molecular flexibility index (Phi) is 3.86. The van der Waals surface area contributed by atoms with Crippen molar-refractivity contribution in [3.63, 3.8) is 0 Å². The lowest BCUT2D eigenvalue weighted by Crippen LogP contribution is -2.10. The molecular formula is C19H18N4OS2. The molecule has 0 atom stereocenters. The molecule has 0 unspecified atom stereocenters. The van der Waals surface area contributed by atoms with Gasteiger partial charge in [-0.15, -0.1) is 11.3 Å². The molecule has 7 heteroatoms. The lowest BCUT2D eigenvalue weighted by molar-refractivity contribution is 0.700. The average molecular weight is 383 g/mol. The Bertz CT molecular complexity index is 1190. The van der Waals surface area contributed by atoms with Gasteiger partial charge in [0.25, 0.3) is 5.56 Å². The molecule has 0 bridgehead atoms. The standard InChI is InChI=1S/C19H18N4OS2/c1-11-6-7-15-20-12(9-23(15)8-11)10-25-19-21-17(24)16-13-4-2-3-5-14(13)26-18(16)22-19/h6-9H,2-5,10H2,1H3,(H,21,22,24). The number of pyridine rings is 1. The van der Waals surface area contributed by atoms with E-state index in [4.69, 9.17) is 4.98 Å². The number of hydrogen-bond acceptors (Lipinski definition) is 5. The Morgan fingerprint density at radius 1 is 1.23 bits per heavy atom. The second-order valence-electron chi connectivity index (χ2n) is 6.75. The van der Waals surface area contributed by atoms with E-state index in [2.05, 4.69) is 29.2 Å². The number of aryl methyl sites for hydroxylation is 3. The van der Waals surface area contributed by atoms with Crippen LogP contribution in [0.5, 0.6) is 0 Å². The van der Waals surface area contributed by atoms with E-state index in [0.717, 1.165) is 34.4 Å². The largest absolute Gasteiger partial charge is 0.307 e. The number of nitrogens with one attached hydrogen (secondary N) is 1. The fraction of sp³-hybridized carbons (Fsp3) is 0.316. The molecule has 4 aromatic heterocycles. The fourth-order valence-electron chi connectivity index (χ4n) is 3.58. The SMILES string of the molecule is Cc1ccc2nc(CSc3nc4sc5c(c4c(=O)[nH]3)CCCC5)cn2c1. The van der Waals surface area contributed by atoms with Gasteiger partial charge in [0.2, 0.25) is 0 Å². The molecule has 132 valence electrons. The molecule has 1 N–H and O–H groups in total. The summed E-state index contributed by atoms with van der Waals surface area (Å²) in [6, 6.07) is 4.08. The van der Waals surface area contributed by atoms with Crippen LogP contribution < -0.4 is 5.56 Å². The maximum Gasteiger partial charge on any atom is 0.260 e. The first-order valence-corrected chi connectivity index (χ1v) is 10.6. The van der Waals surface area contributed by atoms with Crippen LogP contribution in [0.2, 0.25) is 0 Å². The lowest BCUT2D eigenvalue weighted by atomic mass is 9.97. The number of H-pyrrole nitrogens is 1. The number of thiophene rings is 1. The second kappa shape index (κ2) is 6.25. The number of nitrogens with zero attached hydrogens (tertiary/aromatic N) is 3. The highest BCUT2D eigenvalue weighted by Gasteiger charge is 2.19. The molecule has 4 aromatic rings. The monoisotopic (exact) mass is 382 g/mol. The van der Waals surface area contributed by atoms with Crippen LogP contribution in [0.4, 0.5) is 0 Å². The summed E-state index contributed by atoms with van der Waals surface area (Å²) in [6.45, 7) is 2.07. The van der Waals surface area contributed by atoms with Crippen molar-refractivity contribution in [3.8, 4) is 0 Å². The number of aromatic nitrogens is 4. The maximum atomic E-state index is 12.6. The first kappa shape index (κ1) is 16.1. The summed E-state index contributed by atoms with van der Waals surface area (Å²) in [7, 11) is 0. The van der Waals surface area contributed by atoms with Gasteiger partial charge in [-0.3, -0.25) is 4.79 Å². The predicted molar refractivity (Wildman–Crippen MR) is 106 cm³/mol. The van der Waals surface area contributed by atoms with Crippen LogP contribution in [0.15, 0.2) is 34.5 Å².